The molecular formula is C11H10Cl2N4. The average molecular weight is 269 g/mol. The van der Waals surface area contributed by atoms with Crippen LogP contribution < -0.4 is 11.1 Å². The fourth-order valence-electron chi connectivity index (χ4n) is 1.29. The summed E-state index contributed by atoms with van der Waals surface area (Å²) in [7, 11) is 0. The molecule has 0 saturated heterocycles. The second-order valence-corrected chi connectivity index (χ2v) is 4.21. The molecule has 0 saturated carbocycles. The highest BCUT2D eigenvalue weighted by atomic mass is 35.5. The minimum Gasteiger partial charge on any atom is -0.382 e. The number of hydrogen-bond acceptors (Lipinski definition) is 4. The molecule has 0 spiro atoms. The van der Waals surface area contributed by atoms with Gasteiger partial charge in [0.25, 0.3) is 0 Å². The minimum absolute atomic E-state index is 0.258. The van der Waals surface area contributed by atoms with Crippen molar-refractivity contribution in [1.82, 2.24) is 9.97 Å². The summed E-state index contributed by atoms with van der Waals surface area (Å²) in [5.41, 5.74) is 6.68. The van der Waals surface area contributed by atoms with Crippen LogP contribution in [0.5, 0.6) is 0 Å². The first-order valence-corrected chi connectivity index (χ1v) is 5.66. The van der Waals surface area contributed by atoms with Crippen molar-refractivity contribution in [3.63, 3.8) is 0 Å². The van der Waals surface area contributed by atoms with Gasteiger partial charge in [-0.15, -0.1) is 0 Å². The smallest absolute Gasteiger partial charge is 0.147 e. The van der Waals surface area contributed by atoms with Crippen molar-refractivity contribution in [2.75, 3.05) is 11.1 Å². The third-order valence-electron chi connectivity index (χ3n) is 2.17. The fourth-order valence-corrected chi connectivity index (χ4v) is 1.72. The molecule has 2 heterocycles. The average Bonchev–Trinajstić information content (AvgIpc) is 2.33. The lowest BCUT2D eigenvalue weighted by atomic mass is 10.3. The molecule has 0 fully saturated rings. The summed E-state index contributed by atoms with van der Waals surface area (Å²) in [4.78, 5) is 8.01. The number of aromatic nitrogens is 2. The van der Waals surface area contributed by atoms with Gasteiger partial charge in [-0.3, -0.25) is 4.98 Å². The van der Waals surface area contributed by atoms with Crippen molar-refractivity contribution in [3.8, 4) is 0 Å². The van der Waals surface area contributed by atoms with Gasteiger partial charge in [0.05, 0.1) is 10.0 Å². The van der Waals surface area contributed by atoms with Crippen molar-refractivity contribution in [1.29, 1.82) is 0 Å². The predicted molar refractivity (Wildman–Crippen MR) is 70.2 cm³/mol. The Morgan fingerprint density at radius 1 is 1.18 bits per heavy atom. The van der Waals surface area contributed by atoms with Gasteiger partial charge in [0.2, 0.25) is 0 Å². The topological polar surface area (TPSA) is 63.8 Å². The van der Waals surface area contributed by atoms with Gasteiger partial charge in [-0.25, -0.2) is 4.98 Å². The third-order valence-corrected chi connectivity index (χ3v) is 2.76. The van der Waals surface area contributed by atoms with Crippen molar-refractivity contribution in [2.24, 2.45) is 0 Å². The van der Waals surface area contributed by atoms with Crippen molar-refractivity contribution in [2.45, 2.75) is 6.54 Å². The highest BCUT2D eigenvalue weighted by Gasteiger charge is 2.06. The van der Waals surface area contributed by atoms with E-state index >= 15 is 0 Å². The highest BCUT2D eigenvalue weighted by molar-refractivity contribution is 6.37. The van der Waals surface area contributed by atoms with Crippen molar-refractivity contribution in [3.05, 3.63) is 46.2 Å². The van der Waals surface area contributed by atoms with E-state index in [4.69, 9.17) is 28.9 Å². The quantitative estimate of drug-likeness (QED) is 0.899. The van der Waals surface area contributed by atoms with E-state index in [1.165, 1.54) is 0 Å². The van der Waals surface area contributed by atoms with E-state index in [2.05, 4.69) is 15.3 Å². The molecule has 6 heteroatoms. The Hall–Kier alpha value is -1.52. The van der Waals surface area contributed by atoms with Crippen LogP contribution in [0.25, 0.3) is 0 Å². The molecule has 0 aromatic carbocycles. The number of rotatable bonds is 3. The summed E-state index contributed by atoms with van der Waals surface area (Å²) in [5.74, 6) is 0.777. The minimum atomic E-state index is 0.258. The maximum absolute atomic E-state index is 5.99. The Bertz CT molecular complexity index is 516. The van der Waals surface area contributed by atoms with E-state index in [0.29, 0.717) is 22.4 Å². The number of pyridine rings is 2. The normalized spacial score (nSPS) is 10.2. The van der Waals surface area contributed by atoms with Gasteiger partial charge in [-0.1, -0.05) is 23.2 Å². The molecule has 0 unspecified atom stereocenters. The van der Waals surface area contributed by atoms with Crippen LogP contribution in [0.15, 0.2) is 30.6 Å². The molecule has 2 aromatic rings. The molecule has 4 nitrogen and oxygen atoms in total. The number of nitrogens with zero attached hydrogens (tertiary/aromatic N) is 2. The highest BCUT2D eigenvalue weighted by Crippen LogP contribution is 2.27. The number of nitrogens with two attached hydrogens (primary N) is 1. The summed E-state index contributed by atoms with van der Waals surface area (Å²) in [6, 6.07) is 5.38. The standard InChI is InChI=1S/C11H10Cl2N4/c12-8-5-9(13)11(17-10(8)14)16-6-7-1-3-15-4-2-7/h1-5H,6H2,(H3,14,16,17). The Morgan fingerprint density at radius 3 is 2.59 bits per heavy atom. The summed E-state index contributed by atoms with van der Waals surface area (Å²) in [6.45, 7) is 0.594. The lowest BCUT2D eigenvalue weighted by Gasteiger charge is -2.08. The molecule has 2 aromatic heterocycles. The Balaban J connectivity index is 2.12. The Morgan fingerprint density at radius 2 is 1.88 bits per heavy atom. The predicted octanol–water partition coefficient (Wildman–Crippen LogP) is 2.98. The molecule has 0 aliphatic carbocycles. The first kappa shape index (κ1) is 12.0. The summed E-state index contributed by atoms with van der Waals surface area (Å²) in [6.07, 6.45) is 3.45. The summed E-state index contributed by atoms with van der Waals surface area (Å²) >= 11 is 11.8. The lowest BCUT2D eigenvalue weighted by Crippen LogP contribution is -2.04. The zero-order valence-electron chi connectivity index (χ0n) is 8.82. The number of halogens is 2. The first-order chi connectivity index (χ1) is 8.16. The molecule has 2 rings (SSSR count). The van der Waals surface area contributed by atoms with E-state index in [9.17, 15) is 0 Å². The molecule has 0 radical (unpaired) electrons. The van der Waals surface area contributed by atoms with E-state index in [-0.39, 0.29) is 5.82 Å². The van der Waals surface area contributed by atoms with Crippen LogP contribution in [-0.4, -0.2) is 9.97 Å². The van der Waals surface area contributed by atoms with Gasteiger partial charge in [0.1, 0.15) is 11.6 Å². The number of nitrogens with one attached hydrogen (secondary N) is 1. The number of nitrogen functional groups attached to an aromatic ring is 1. The van der Waals surface area contributed by atoms with Gasteiger partial charge < -0.3 is 11.1 Å². The maximum atomic E-state index is 5.99. The molecular weight excluding hydrogens is 259 g/mol. The van der Waals surface area contributed by atoms with Crippen LogP contribution in [0.2, 0.25) is 10.0 Å². The zero-order chi connectivity index (χ0) is 12.3. The largest absolute Gasteiger partial charge is 0.382 e. The van der Waals surface area contributed by atoms with E-state index in [1.54, 1.807) is 18.5 Å². The monoisotopic (exact) mass is 268 g/mol. The van der Waals surface area contributed by atoms with E-state index < -0.39 is 0 Å². The molecule has 88 valence electrons. The molecule has 3 N–H and O–H groups in total. The summed E-state index contributed by atoms with van der Waals surface area (Å²) < 4.78 is 0. The third kappa shape index (κ3) is 2.99. The van der Waals surface area contributed by atoms with Crippen LogP contribution in [0, 0.1) is 0 Å². The van der Waals surface area contributed by atoms with E-state index in [0.717, 1.165) is 5.56 Å². The van der Waals surface area contributed by atoms with Gasteiger partial charge in [0, 0.05) is 18.9 Å². The van der Waals surface area contributed by atoms with Crippen molar-refractivity contribution < 1.29 is 0 Å². The van der Waals surface area contributed by atoms with Crippen LogP contribution in [0.1, 0.15) is 5.56 Å². The maximum Gasteiger partial charge on any atom is 0.147 e. The van der Waals surface area contributed by atoms with Crippen LogP contribution in [0.3, 0.4) is 0 Å². The molecule has 0 aliphatic rings. The SMILES string of the molecule is Nc1nc(NCc2ccncc2)c(Cl)cc1Cl. The lowest BCUT2D eigenvalue weighted by molar-refractivity contribution is 1.10. The van der Waals surface area contributed by atoms with Crippen LogP contribution in [-0.2, 0) is 6.54 Å². The molecule has 0 atom stereocenters. The Labute approximate surface area is 109 Å². The van der Waals surface area contributed by atoms with E-state index in [1.807, 2.05) is 12.1 Å². The molecule has 0 aliphatic heterocycles. The molecule has 0 bridgehead atoms. The number of hydrogen-bond donors (Lipinski definition) is 2. The van der Waals surface area contributed by atoms with Gasteiger partial charge in [-0.2, -0.15) is 0 Å². The zero-order valence-corrected chi connectivity index (χ0v) is 10.3. The van der Waals surface area contributed by atoms with Gasteiger partial charge in [-0.05, 0) is 23.8 Å². The summed E-state index contributed by atoms with van der Waals surface area (Å²) in [5, 5.41) is 3.88. The van der Waals surface area contributed by atoms with Crippen LogP contribution in [0.4, 0.5) is 11.6 Å². The Kier molecular flexibility index (Phi) is 3.66. The first-order valence-electron chi connectivity index (χ1n) is 4.91. The van der Waals surface area contributed by atoms with Crippen molar-refractivity contribution >= 4 is 34.8 Å². The van der Waals surface area contributed by atoms with Gasteiger partial charge >= 0.3 is 0 Å². The second-order valence-electron chi connectivity index (χ2n) is 3.39. The second kappa shape index (κ2) is 5.21. The molecule has 0 amide bonds. The number of anilines is 2. The van der Waals surface area contributed by atoms with Gasteiger partial charge in [0.15, 0.2) is 0 Å². The molecule has 17 heavy (non-hydrogen) atoms. The fraction of sp³-hybridized carbons (Fsp3) is 0.0909. The van der Waals surface area contributed by atoms with Crippen LogP contribution >= 0.6 is 23.2 Å².